The number of nitrogens with one attached hydrogen (secondary N) is 1. The number of benzene rings is 3. The lowest BCUT2D eigenvalue weighted by Crippen LogP contribution is -2.27. The fourth-order valence-electron chi connectivity index (χ4n) is 3.07. The molecule has 0 saturated heterocycles. The summed E-state index contributed by atoms with van der Waals surface area (Å²) in [4.78, 5) is 12.7. The lowest BCUT2D eigenvalue weighted by Gasteiger charge is -2.15. The highest BCUT2D eigenvalue weighted by Crippen LogP contribution is 2.35. The van der Waals surface area contributed by atoms with Gasteiger partial charge in [-0.3, -0.25) is 4.79 Å². The van der Waals surface area contributed by atoms with E-state index in [-0.39, 0.29) is 11.6 Å². The highest BCUT2D eigenvalue weighted by Gasteiger charge is 2.16. The van der Waals surface area contributed by atoms with Gasteiger partial charge in [0, 0.05) is 4.47 Å². The number of halogens is 1. The molecule has 3 rings (SSSR count). The third-order valence-electron chi connectivity index (χ3n) is 4.83. The van der Waals surface area contributed by atoms with Gasteiger partial charge >= 0.3 is 0 Å². The van der Waals surface area contributed by atoms with Gasteiger partial charge in [-0.15, -0.1) is 0 Å². The molecule has 1 N–H and O–H groups in total. The summed E-state index contributed by atoms with van der Waals surface area (Å²) < 4.78 is 12.1. The van der Waals surface area contributed by atoms with Crippen LogP contribution in [-0.4, -0.2) is 13.0 Å². The van der Waals surface area contributed by atoms with Crippen molar-refractivity contribution in [2.75, 3.05) is 7.11 Å². The Morgan fingerprint density at radius 1 is 1.09 bits per heavy atom. The van der Waals surface area contributed by atoms with Crippen LogP contribution < -0.4 is 14.8 Å². The highest BCUT2D eigenvalue weighted by molar-refractivity contribution is 9.10. The molecule has 1 amide bonds. The van der Waals surface area contributed by atoms with Gasteiger partial charge in [0.1, 0.15) is 18.2 Å². The van der Waals surface area contributed by atoms with Gasteiger partial charge in [0.15, 0.2) is 11.5 Å². The Morgan fingerprint density at radius 3 is 2.38 bits per heavy atom. The minimum atomic E-state index is -0.445. The third kappa shape index (κ3) is 5.99. The fraction of sp³-hybridized carbons (Fsp3) is 0.154. The first-order valence-corrected chi connectivity index (χ1v) is 10.8. The third-order valence-corrected chi connectivity index (χ3v) is 5.52. The van der Waals surface area contributed by atoms with Crippen LogP contribution in [-0.2, 0) is 11.4 Å². The maximum atomic E-state index is 12.7. The van der Waals surface area contributed by atoms with Crippen molar-refractivity contribution in [2.24, 2.45) is 0 Å². The molecule has 32 heavy (non-hydrogen) atoms. The Morgan fingerprint density at radius 2 is 1.75 bits per heavy atom. The summed E-state index contributed by atoms with van der Waals surface area (Å²) in [5.74, 6) is 0.617. The summed E-state index contributed by atoms with van der Waals surface area (Å²) in [6.07, 6.45) is 1.53. The van der Waals surface area contributed by atoms with Crippen LogP contribution in [0.3, 0.4) is 0 Å². The van der Waals surface area contributed by atoms with Crippen LogP contribution in [0.25, 0.3) is 6.08 Å². The normalized spacial score (nSPS) is 11.9. The van der Waals surface area contributed by atoms with Gasteiger partial charge in [-0.2, -0.15) is 5.26 Å². The van der Waals surface area contributed by atoms with Crippen LogP contribution in [0.1, 0.15) is 29.7 Å². The Bertz CT molecular complexity index is 1140. The van der Waals surface area contributed by atoms with E-state index < -0.39 is 5.91 Å². The van der Waals surface area contributed by atoms with Crippen molar-refractivity contribution in [1.82, 2.24) is 5.32 Å². The lowest BCUT2D eigenvalue weighted by atomic mass is 10.1. The first-order chi connectivity index (χ1) is 15.5. The number of rotatable bonds is 8. The summed E-state index contributed by atoms with van der Waals surface area (Å²) in [5.41, 5.74) is 2.62. The zero-order valence-electron chi connectivity index (χ0n) is 17.8. The number of carbonyl (C=O) groups excluding carboxylic acids is 1. The first kappa shape index (κ1) is 23.1. The zero-order valence-corrected chi connectivity index (χ0v) is 19.4. The van der Waals surface area contributed by atoms with Gasteiger partial charge in [-0.05, 0) is 41.8 Å². The predicted octanol–water partition coefficient (Wildman–Crippen LogP) is 5.82. The molecular formula is C26H23BrN2O3. The van der Waals surface area contributed by atoms with Crippen LogP contribution >= 0.6 is 15.9 Å². The van der Waals surface area contributed by atoms with E-state index in [2.05, 4.69) is 21.2 Å². The molecule has 162 valence electrons. The number of methoxy groups -OCH3 is 1. The molecule has 0 spiro atoms. The second-order valence-corrected chi connectivity index (χ2v) is 7.93. The summed E-state index contributed by atoms with van der Waals surface area (Å²) in [6, 6.07) is 24.7. The maximum Gasteiger partial charge on any atom is 0.262 e. The van der Waals surface area contributed by atoms with E-state index >= 15 is 0 Å². The standard InChI is InChI=1S/C26H23BrN2O3/c1-18(20-11-7-4-8-12-20)29-26(30)22(16-28)13-21-14-24(31-2)25(15-23(21)27)32-17-19-9-5-3-6-10-19/h3-15,18H,17H2,1-2H3,(H,29,30)/b22-13+/t18-/m1/s1. The number of amides is 1. The van der Waals surface area contributed by atoms with E-state index in [4.69, 9.17) is 9.47 Å². The Kier molecular flexibility index (Phi) is 8.07. The molecule has 0 unspecified atom stereocenters. The topological polar surface area (TPSA) is 71.3 Å². The summed E-state index contributed by atoms with van der Waals surface area (Å²) in [6.45, 7) is 2.27. The fourth-order valence-corrected chi connectivity index (χ4v) is 3.51. The number of nitriles is 1. The predicted molar refractivity (Wildman–Crippen MR) is 128 cm³/mol. The molecule has 0 bridgehead atoms. The molecule has 0 radical (unpaired) electrons. The van der Waals surface area contributed by atoms with Gasteiger partial charge in [-0.25, -0.2) is 0 Å². The van der Waals surface area contributed by atoms with Crippen LogP contribution in [0, 0.1) is 11.3 Å². The molecule has 6 heteroatoms. The van der Waals surface area contributed by atoms with Crippen molar-refractivity contribution >= 4 is 27.9 Å². The van der Waals surface area contributed by atoms with Gasteiger partial charge in [0.2, 0.25) is 0 Å². The Balaban J connectivity index is 1.79. The number of nitrogens with zero attached hydrogens (tertiary/aromatic N) is 1. The van der Waals surface area contributed by atoms with Gasteiger partial charge < -0.3 is 14.8 Å². The summed E-state index contributed by atoms with van der Waals surface area (Å²) in [5, 5.41) is 12.4. The number of ether oxygens (including phenoxy) is 2. The van der Waals surface area contributed by atoms with E-state index in [1.807, 2.05) is 73.7 Å². The second kappa shape index (κ2) is 11.2. The SMILES string of the molecule is COc1cc(/C=C(\C#N)C(=O)N[C@H](C)c2ccccc2)c(Br)cc1OCc1ccccc1. The number of hydrogen-bond acceptors (Lipinski definition) is 4. The average molecular weight is 491 g/mol. The Hall–Kier alpha value is -3.56. The van der Waals surface area contributed by atoms with E-state index in [1.54, 1.807) is 19.2 Å². The molecule has 1 atom stereocenters. The van der Waals surface area contributed by atoms with Crippen molar-refractivity contribution in [3.8, 4) is 17.6 Å². The quantitative estimate of drug-likeness (QED) is 0.318. The van der Waals surface area contributed by atoms with Gasteiger partial charge in [0.05, 0.1) is 13.2 Å². The lowest BCUT2D eigenvalue weighted by molar-refractivity contribution is -0.117. The van der Waals surface area contributed by atoms with E-state index in [0.29, 0.717) is 28.1 Å². The molecule has 0 aliphatic rings. The van der Waals surface area contributed by atoms with Crippen molar-refractivity contribution in [1.29, 1.82) is 5.26 Å². The first-order valence-electron chi connectivity index (χ1n) is 10.0. The molecule has 0 aromatic heterocycles. The minimum absolute atomic E-state index is 0.00603. The van der Waals surface area contributed by atoms with Crippen molar-refractivity contribution in [3.63, 3.8) is 0 Å². The van der Waals surface area contributed by atoms with Gasteiger partial charge in [0.25, 0.3) is 5.91 Å². The van der Waals surface area contributed by atoms with Crippen molar-refractivity contribution in [2.45, 2.75) is 19.6 Å². The number of hydrogen-bond donors (Lipinski definition) is 1. The second-order valence-electron chi connectivity index (χ2n) is 7.07. The van der Waals surface area contributed by atoms with Gasteiger partial charge in [-0.1, -0.05) is 76.6 Å². The molecular weight excluding hydrogens is 468 g/mol. The smallest absolute Gasteiger partial charge is 0.262 e. The molecule has 0 fully saturated rings. The van der Waals surface area contributed by atoms with Crippen LogP contribution in [0.5, 0.6) is 11.5 Å². The Labute approximate surface area is 196 Å². The van der Waals surface area contributed by atoms with E-state index in [0.717, 1.165) is 11.1 Å². The monoisotopic (exact) mass is 490 g/mol. The molecule has 0 aliphatic heterocycles. The van der Waals surface area contributed by atoms with Crippen LogP contribution in [0.4, 0.5) is 0 Å². The molecule has 3 aromatic rings. The molecule has 3 aromatic carbocycles. The van der Waals surface area contributed by atoms with Crippen LogP contribution in [0.2, 0.25) is 0 Å². The summed E-state index contributed by atoms with van der Waals surface area (Å²) >= 11 is 3.51. The van der Waals surface area contributed by atoms with E-state index in [9.17, 15) is 10.1 Å². The summed E-state index contributed by atoms with van der Waals surface area (Å²) in [7, 11) is 1.55. The largest absolute Gasteiger partial charge is 0.493 e. The molecule has 0 aliphatic carbocycles. The maximum absolute atomic E-state index is 12.7. The van der Waals surface area contributed by atoms with E-state index in [1.165, 1.54) is 6.08 Å². The minimum Gasteiger partial charge on any atom is -0.493 e. The number of carbonyl (C=O) groups is 1. The van der Waals surface area contributed by atoms with Crippen molar-refractivity contribution < 1.29 is 14.3 Å². The molecule has 0 saturated carbocycles. The molecule has 5 nitrogen and oxygen atoms in total. The van der Waals surface area contributed by atoms with Crippen LogP contribution in [0.15, 0.2) is 82.8 Å². The average Bonchev–Trinajstić information content (AvgIpc) is 2.83. The molecule has 0 heterocycles. The zero-order chi connectivity index (χ0) is 22.9. The van der Waals surface area contributed by atoms with Crippen molar-refractivity contribution in [3.05, 3.63) is 99.5 Å². The highest BCUT2D eigenvalue weighted by atomic mass is 79.9.